The van der Waals surface area contributed by atoms with Gasteiger partial charge in [-0.1, -0.05) is 42.5 Å². The van der Waals surface area contributed by atoms with E-state index in [9.17, 15) is 4.79 Å². The lowest BCUT2D eigenvalue weighted by Gasteiger charge is -2.15. The van der Waals surface area contributed by atoms with E-state index in [0.717, 1.165) is 16.6 Å². The summed E-state index contributed by atoms with van der Waals surface area (Å²) in [5.41, 5.74) is 1.81. The predicted octanol–water partition coefficient (Wildman–Crippen LogP) is 3.07. The summed E-state index contributed by atoms with van der Waals surface area (Å²) in [6.45, 7) is 1.89. The van der Waals surface area contributed by atoms with Gasteiger partial charge >= 0.3 is 0 Å². The first-order chi connectivity index (χ1) is 13.7. The van der Waals surface area contributed by atoms with Gasteiger partial charge in [-0.2, -0.15) is 0 Å². The number of benzene rings is 3. The van der Waals surface area contributed by atoms with Gasteiger partial charge in [0, 0.05) is 6.07 Å². The lowest BCUT2D eigenvalue weighted by molar-refractivity contribution is -0.123. The van der Waals surface area contributed by atoms with Gasteiger partial charge in [-0.05, 0) is 51.9 Å². The van der Waals surface area contributed by atoms with Crippen molar-refractivity contribution in [3.8, 4) is 11.4 Å². The molecule has 1 amide bonds. The molecule has 0 aliphatic rings. The summed E-state index contributed by atoms with van der Waals surface area (Å²) in [5, 5.41) is 16.4. The fourth-order valence-corrected chi connectivity index (χ4v) is 2.99. The highest BCUT2D eigenvalue weighted by Gasteiger charge is 2.11. The molecule has 0 saturated carbocycles. The van der Waals surface area contributed by atoms with Crippen LogP contribution in [0.2, 0.25) is 0 Å². The van der Waals surface area contributed by atoms with Crippen molar-refractivity contribution < 1.29 is 9.53 Å². The predicted molar refractivity (Wildman–Crippen MR) is 105 cm³/mol. The van der Waals surface area contributed by atoms with Crippen LogP contribution >= 0.6 is 0 Å². The zero-order valence-corrected chi connectivity index (χ0v) is 15.3. The van der Waals surface area contributed by atoms with Gasteiger partial charge in [-0.15, -0.1) is 5.10 Å². The fourth-order valence-electron chi connectivity index (χ4n) is 2.99. The quantitative estimate of drug-likeness (QED) is 0.562. The van der Waals surface area contributed by atoms with Crippen molar-refractivity contribution in [2.75, 3.05) is 6.61 Å². The van der Waals surface area contributed by atoms with Gasteiger partial charge in [0.05, 0.1) is 11.7 Å². The number of rotatable bonds is 6. The third-order valence-electron chi connectivity index (χ3n) is 4.45. The number of hydrogen-bond acceptors (Lipinski definition) is 5. The number of aromatic nitrogens is 4. The van der Waals surface area contributed by atoms with Crippen molar-refractivity contribution in [1.29, 1.82) is 0 Å². The molecule has 1 atom stereocenters. The number of fused-ring (bicyclic) bond motifs is 1. The van der Waals surface area contributed by atoms with Crippen LogP contribution in [0.5, 0.6) is 5.75 Å². The van der Waals surface area contributed by atoms with Gasteiger partial charge in [-0.25, -0.2) is 4.68 Å². The van der Waals surface area contributed by atoms with Gasteiger partial charge < -0.3 is 10.1 Å². The maximum atomic E-state index is 12.3. The van der Waals surface area contributed by atoms with E-state index in [2.05, 4.69) is 45.1 Å². The van der Waals surface area contributed by atoms with Crippen molar-refractivity contribution >= 4 is 16.7 Å². The highest BCUT2D eigenvalue weighted by atomic mass is 16.5. The first-order valence-corrected chi connectivity index (χ1v) is 8.93. The van der Waals surface area contributed by atoms with Crippen LogP contribution in [0.4, 0.5) is 0 Å². The van der Waals surface area contributed by atoms with Crippen LogP contribution in [0.15, 0.2) is 73.1 Å². The maximum absolute atomic E-state index is 12.3. The average Bonchev–Trinajstić information content (AvgIpc) is 3.27. The molecule has 0 aliphatic heterocycles. The standard InChI is InChI=1S/C21H19N5O2/c1-15(17-10-9-16-5-2-3-6-18(16)11-17)23-21(27)13-28-20-8-4-7-19(12-20)26-14-22-24-25-26/h2-12,14-15H,13H2,1H3,(H,23,27). The molecular weight excluding hydrogens is 354 g/mol. The van der Waals surface area contributed by atoms with E-state index in [1.54, 1.807) is 12.1 Å². The van der Waals surface area contributed by atoms with Gasteiger partial charge in [0.2, 0.25) is 0 Å². The van der Waals surface area contributed by atoms with E-state index in [1.165, 1.54) is 16.4 Å². The van der Waals surface area contributed by atoms with Gasteiger partial charge in [0.1, 0.15) is 12.1 Å². The lowest BCUT2D eigenvalue weighted by Crippen LogP contribution is -2.31. The number of nitrogens with zero attached hydrogens (tertiary/aromatic N) is 4. The van der Waals surface area contributed by atoms with Crippen LogP contribution in [0.1, 0.15) is 18.5 Å². The Labute approximate surface area is 161 Å². The second kappa shape index (κ2) is 7.87. The molecule has 3 aromatic carbocycles. The fraction of sp³-hybridized carbons (Fsp3) is 0.143. The lowest BCUT2D eigenvalue weighted by atomic mass is 10.0. The van der Waals surface area contributed by atoms with Crippen molar-refractivity contribution in [2.24, 2.45) is 0 Å². The summed E-state index contributed by atoms with van der Waals surface area (Å²) in [6.07, 6.45) is 1.50. The van der Waals surface area contributed by atoms with E-state index in [4.69, 9.17) is 4.74 Å². The topological polar surface area (TPSA) is 81.9 Å². The molecule has 7 heteroatoms. The number of ether oxygens (including phenoxy) is 1. The highest BCUT2D eigenvalue weighted by Crippen LogP contribution is 2.20. The van der Waals surface area contributed by atoms with E-state index in [1.807, 2.05) is 37.3 Å². The Kier molecular flexibility index (Phi) is 4.97. The second-order valence-corrected chi connectivity index (χ2v) is 6.44. The molecule has 0 saturated heterocycles. The second-order valence-electron chi connectivity index (χ2n) is 6.44. The molecule has 7 nitrogen and oxygen atoms in total. The number of amides is 1. The minimum atomic E-state index is -0.187. The summed E-state index contributed by atoms with van der Waals surface area (Å²) in [7, 11) is 0. The molecule has 0 spiro atoms. The first kappa shape index (κ1) is 17.7. The van der Waals surface area contributed by atoms with Crippen molar-refractivity contribution in [2.45, 2.75) is 13.0 Å². The summed E-state index contributed by atoms with van der Waals surface area (Å²) >= 11 is 0. The monoisotopic (exact) mass is 373 g/mol. The van der Waals surface area contributed by atoms with Gasteiger partial charge in [-0.3, -0.25) is 4.79 Å². The molecule has 0 aliphatic carbocycles. The number of nitrogens with one attached hydrogen (secondary N) is 1. The summed E-state index contributed by atoms with van der Waals surface area (Å²) in [4.78, 5) is 12.3. The zero-order valence-electron chi connectivity index (χ0n) is 15.3. The van der Waals surface area contributed by atoms with Crippen molar-refractivity contribution in [3.05, 3.63) is 78.6 Å². The number of tetrazole rings is 1. The van der Waals surface area contributed by atoms with Gasteiger partial charge in [0.25, 0.3) is 5.91 Å². The molecule has 0 fully saturated rings. The molecular formula is C21H19N5O2. The van der Waals surface area contributed by atoms with E-state index < -0.39 is 0 Å². The van der Waals surface area contributed by atoms with Crippen LogP contribution in [-0.4, -0.2) is 32.7 Å². The molecule has 1 N–H and O–H groups in total. The smallest absolute Gasteiger partial charge is 0.258 e. The minimum Gasteiger partial charge on any atom is -0.484 e. The summed E-state index contributed by atoms with van der Waals surface area (Å²) in [5.74, 6) is 0.384. The van der Waals surface area contributed by atoms with Crippen molar-refractivity contribution in [1.82, 2.24) is 25.5 Å². The van der Waals surface area contributed by atoms with E-state index in [0.29, 0.717) is 5.75 Å². The Balaban J connectivity index is 1.37. The Hall–Kier alpha value is -3.74. The molecule has 1 aromatic heterocycles. The first-order valence-electron chi connectivity index (χ1n) is 8.93. The summed E-state index contributed by atoms with van der Waals surface area (Å²) < 4.78 is 7.14. The molecule has 0 bridgehead atoms. The maximum Gasteiger partial charge on any atom is 0.258 e. The normalized spacial score (nSPS) is 11.9. The third-order valence-corrected chi connectivity index (χ3v) is 4.45. The molecule has 1 unspecified atom stereocenters. The third kappa shape index (κ3) is 3.98. The molecule has 4 aromatic rings. The summed E-state index contributed by atoms with van der Waals surface area (Å²) in [6, 6.07) is 21.5. The van der Waals surface area contributed by atoms with Gasteiger partial charge in [0.15, 0.2) is 6.61 Å². The van der Waals surface area contributed by atoms with Crippen LogP contribution < -0.4 is 10.1 Å². The zero-order chi connectivity index (χ0) is 19.3. The number of carbonyl (C=O) groups is 1. The Bertz CT molecular complexity index is 1090. The Morgan fingerprint density at radius 2 is 1.93 bits per heavy atom. The Morgan fingerprint density at radius 3 is 2.75 bits per heavy atom. The number of hydrogen-bond donors (Lipinski definition) is 1. The minimum absolute atomic E-state index is 0.0724. The van der Waals surface area contributed by atoms with Crippen molar-refractivity contribution in [3.63, 3.8) is 0 Å². The largest absolute Gasteiger partial charge is 0.484 e. The average molecular weight is 373 g/mol. The molecule has 28 heavy (non-hydrogen) atoms. The molecule has 0 radical (unpaired) electrons. The van der Waals surface area contributed by atoms with Crippen LogP contribution in [0.25, 0.3) is 16.5 Å². The SMILES string of the molecule is CC(NC(=O)COc1cccc(-n2cnnn2)c1)c1ccc2ccccc2c1. The van der Waals surface area contributed by atoms with Crippen LogP contribution in [0, 0.1) is 0 Å². The van der Waals surface area contributed by atoms with Crippen LogP contribution in [0.3, 0.4) is 0 Å². The number of carbonyl (C=O) groups excluding carboxylic acids is 1. The Morgan fingerprint density at radius 1 is 1.07 bits per heavy atom. The molecule has 140 valence electrons. The van der Waals surface area contributed by atoms with E-state index >= 15 is 0 Å². The highest BCUT2D eigenvalue weighted by molar-refractivity contribution is 5.83. The van der Waals surface area contributed by atoms with Crippen LogP contribution in [-0.2, 0) is 4.79 Å². The molecule has 4 rings (SSSR count). The molecule has 1 heterocycles. The van der Waals surface area contributed by atoms with E-state index in [-0.39, 0.29) is 18.6 Å².